The van der Waals surface area contributed by atoms with Crippen molar-refractivity contribution in [3.05, 3.63) is 83.4 Å². The lowest BCUT2D eigenvalue weighted by Gasteiger charge is -2.47. The molecule has 0 saturated heterocycles. The highest BCUT2D eigenvalue weighted by Crippen LogP contribution is 2.44. The molecule has 172 valence electrons. The van der Waals surface area contributed by atoms with Crippen LogP contribution in [0.4, 0.5) is 10.1 Å². The Balaban J connectivity index is 1.57. The minimum Gasteiger partial charge on any atom is -0.366 e. The van der Waals surface area contributed by atoms with E-state index < -0.39 is 0 Å². The molecule has 1 aliphatic rings. The zero-order valence-corrected chi connectivity index (χ0v) is 19.7. The van der Waals surface area contributed by atoms with Crippen molar-refractivity contribution in [3.8, 4) is 5.69 Å². The standard InChI is InChI=1S/C27H31FN4O/c1-5-12-32-25-16-23(28)20(15-22(25)19(2)17-27(32,3)4)18-29-30-26(33)21-10-6-7-11-24(21)31-13-8-9-14-31/h6-11,13-16,18-19H,5,12,17H2,1-4H3,(H,30,33)/b29-18-. The van der Waals surface area contributed by atoms with Crippen LogP contribution in [0.1, 0.15) is 67.9 Å². The number of amides is 1. The van der Waals surface area contributed by atoms with Crippen molar-refractivity contribution in [2.45, 2.75) is 52.0 Å². The zero-order chi connectivity index (χ0) is 23.6. The smallest absolute Gasteiger partial charge is 0.273 e. The van der Waals surface area contributed by atoms with Crippen molar-refractivity contribution in [3.63, 3.8) is 0 Å². The van der Waals surface area contributed by atoms with Crippen molar-refractivity contribution >= 4 is 17.8 Å². The van der Waals surface area contributed by atoms with Crippen LogP contribution in [0.25, 0.3) is 5.69 Å². The van der Waals surface area contributed by atoms with Crippen LogP contribution in [0, 0.1) is 5.82 Å². The molecule has 1 atom stereocenters. The molecule has 0 aliphatic carbocycles. The van der Waals surface area contributed by atoms with E-state index in [9.17, 15) is 4.79 Å². The Morgan fingerprint density at radius 2 is 1.91 bits per heavy atom. The van der Waals surface area contributed by atoms with E-state index in [2.05, 4.69) is 43.1 Å². The number of nitrogens with zero attached hydrogens (tertiary/aromatic N) is 3. The number of aromatic nitrogens is 1. The summed E-state index contributed by atoms with van der Waals surface area (Å²) in [4.78, 5) is 15.1. The van der Waals surface area contributed by atoms with Crippen molar-refractivity contribution in [1.82, 2.24) is 9.99 Å². The number of para-hydroxylation sites is 1. The molecule has 1 unspecified atom stereocenters. The first-order chi connectivity index (χ1) is 15.8. The fourth-order valence-electron chi connectivity index (χ4n) is 4.87. The first kappa shape index (κ1) is 22.8. The number of fused-ring (bicyclic) bond motifs is 1. The highest BCUT2D eigenvalue weighted by atomic mass is 19.1. The molecule has 6 heteroatoms. The third-order valence-corrected chi connectivity index (χ3v) is 6.35. The van der Waals surface area contributed by atoms with Gasteiger partial charge in [-0.1, -0.05) is 26.0 Å². The van der Waals surface area contributed by atoms with Gasteiger partial charge in [0.2, 0.25) is 0 Å². The lowest BCUT2D eigenvalue weighted by Crippen LogP contribution is -2.48. The number of hydrogen-bond donors (Lipinski definition) is 1. The minimum atomic E-state index is -0.349. The lowest BCUT2D eigenvalue weighted by molar-refractivity contribution is 0.0955. The summed E-state index contributed by atoms with van der Waals surface area (Å²) in [6, 6.07) is 14.6. The Hall–Kier alpha value is -3.41. The van der Waals surface area contributed by atoms with Crippen molar-refractivity contribution < 1.29 is 9.18 Å². The number of anilines is 1. The van der Waals surface area contributed by atoms with Crippen molar-refractivity contribution in [1.29, 1.82) is 0 Å². The number of halogens is 1. The van der Waals surface area contributed by atoms with Crippen LogP contribution in [0.5, 0.6) is 0 Å². The molecular formula is C27H31FN4O. The normalized spacial score (nSPS) is 17.2. The Kier molecular flexibility index (Phi) is 6.36. The van der Waals surface area contributed by atoms with E-state index in [1.54, 1.807) is 18.2 Å². The summed E-state index contributed by atoms with van der Waals surface area (Å²) in [5.74, 6) is -0.387. The van der Waals surface area contributed by atoms with Gasteiger partial charge in [-0.15, -0.1) is 0 Å². The molecule has 5 nitrogen and oxygen atoms in total. The van der Waals surface area contributed by atoms with Crippen LogP contribution in [-0.2, 0) is 0 Å². The molecule has 4 rings (SSSR count). The lowest BCUT2D eigenvalue weighted by atomic mass is 9.79. The van der Waals surface area contributed by atoms with Gasteiger partial charge in [-0.05, 0) is 74.6 Å². The maximum Gasteiger partial charge on any atom is 0.273 e. The van der Waals surface area contributed by atoms with Gasteiger partial charge >= 0.3 is 0 Å². The van der Waals surface area contributed by atoms with E-state index in [0.29, 0.717) is 17.0 Å². The minimum absolute atomic E-state index is 0.0223. The van der Waals surface area contributed by atoms with Crippen molar-refractivity contribution in [2.75, 3.05) is 11.4 Å². The van der Waals surface area contributed by atoms with Crippen LogP contribution >= 0.6 is 0 Å². The van der Waals surface area contributed by atoms with Gasteiger partial charge in [-0.2, -0.15) is 5.10 Å². The molecule has 0 fully saturated rings. The third kappa shape index (κ3) is 4.56. The Labute approximate surface area is 194 Å². The van der Waals surface area contributed by atoms with Gasteiger partial charge in [0.15, 0.2) is 0 Å². The van der Waals surface area contributed by atoms with Gasteiger partial charge in [0.1, 0.15) is 5.82 Å². The molecule has 33 heavy (non-hydrogen) atoms. The fraction of sp³-hybridized carbons (Fsp3) is 0.333. The number of rotatable bonds is 6. The molecule has 1 N–H and O–H groups in total. The molecular weight excluding hydrogens is 415 g/mol. The number of carbonyl (C=O) groups is 1. The number of hydrazone groups is 1. The number of hydrogen-bond acceptors (Lipinski definition) is 3. The Bertz CT molecular complexity index is 1170. The van der Waals surface area contributed by atoms with Gasteiger partial charge < -0.3 is 9.47 Å². The van der Waals surface area contributed by atoms with Crippen LogP contribution in [0.15, 0.2) is 66.0 Å². The van der Waals surface area contributed by atoms with Crippen LogP contribution < -0.4 is 10.3 Å². The highest BCUT2D eigenvalue weighted by Gasteiger charge is 2.36. The topological polar surface area (TPSA) is 49.6 Å². The third-order valence-electron chi connectivity index (χ3n) is 6.35. The molecule has 0 bridgehead atoms. The monoisotopic (exact) mass is 446 g/mol. The summed E-state index contributed by atoms with van der Waals surface area (Å²) in [5.41, 5.74) is 6.22. The summed E-state index contributed by atoms with van der Waals surface area (Å²) in [5, 5.41) is 4.07. The summed E-state index contributed by atoms with van der Waals surface area (Å²) in [6.45, 7) is 9.65. The van der Waals surface area contributed by atoms with Crippen LogP contribution in [0.3, 0.4) is 0 Å². The first-order valence-electron chi connectivity index (χ1n) is 11.5. The highest BCUT2D eigenvalue weighted by molar-refractivity contribution is 5.98. The van der Waals surface area contributed by atoms with Crippen LogP contribution in [0.2, 0.25) is 0 Å². The zero-order valence-electron chi connectivity index (χ0n) is 19.7. The van der Waals surface area contributed by atoms with Crippen LogP contribution in [-0.4, -0.2) is 28.8 Å². The first-order valence-corrected chi connectivity index (χ1v) is 11.5. The SMILES string of the molecule is CCCN1c2cc(F)c(/C=N\NC(=O)c3ccccc3-n3cccc3)cc2C(C)CC1(C)C. The summed E-state index contributed by atoms with van der Waals surface area (Å²) in [6.07, 6.45) is 7.14. The van der Waals surface area contributed by atoms with Gasteiger partial charge in [-0.3, -0.25) is 4.79 Å². The van der Waals surface area contributed by atoms with Gasteiger partial charge in [-0.25, -0.2) is 9.82 Å². The number of carbonyl (C=O) groups excluding carboxylic acids is 1. The van der Waals surface area contributed by atoms with E-state index in [0.717, 1.165) is 36.3 Å². The molecule has 0 radical (unpaired) electrons. The molecule has 1 amide bonds. The predicted octanol–water partition coefficient (Wildman–Crippen LogP) is 5.88. The average Bonchev–Trinajstić information content (AvgIpc) is 3.32. The summed E-state index contributed by atoms with van der Waals surface area (Å²) in [7, 11) is 0. The second kappa shape index (κ2) is 9.22. The van der Waals surface area contributed by atoms with Gasteiger partial charge in [0.05, 0.1) is 17.5 Å². The van der Waals surface area contributed by atoms with E-state index in [-0.39, 0.29) is 17.3 Å². The van der Waals surface area contributed by atoms with E-state index in [1.165, 1.54) is 6.21 Å². The molecule has 2 aromatic carbocycles. The second-order valence-corrected chi connectivity index (χ2v) is 9.31. The van der Waals surface area contributed by atoms with E-state index in [4.69, 9.17) is 0 Å². The summed E-state index contributed by atoms with van der Waals surface area (Å²) < 4.78 is 16.9. The summed E-state index contributed by atoms with van der Waals surface area (Å²) >= 11 is 0. The van der Waals surface area contributed by atoms with E-state index in [1.807, 2.05) is 47.3 Å². The number of nitrogens with one attached hydrogen (secondary N) is 1. The van der Waals surface area contributed by atoms with Gasteiger partial charge in [0.25, 0.3) is 5.91 Å². The molecule has 1 aliphatic heterocycles. The Morgan fingerprint density at radius 3 is 2.64 bits per heavy atom. The quantitative estimate of drug-likeness (QED) is 0.380. The number of benzene rings is 2. The molecule has 0 spiro atoms. The van der Waals surface area contributed by atoms with E-state index >= 15 is 4.39 Å². The molecule has 2 heterocycles. The maximum atomic E-state index is 15.0. The van der Waals surface area contributed by atoms with Crippen molar-refractivity contribution in [2.24, 2.45) is 5.10 Å². The fourth-order valence-corrected chi connectivity index (χ4v) is 4.87. The van der Waals surface area contributed by atoms with Gasteiger partial charge in [0, 0.05) is 35.7 Å². The second-order valence-electron chi connectivity index (χ2n) is 9.31. The molecule has 1 aromatic heterocycles. The maximum absolute atomic E-state index is 15.0. The largest absolute Gasteiger partial charge is 0.366 e. The average molecular weight is 447 g/mol. The molecule has 0 saturated carbocycles. The predicted molar refractivity (Wildman–Crippen MR) is 132 cm³/mol. The Morgan fingerprint density at radius 1 is 1.18 bits per heavy atom. The molecule has 3 aromatic rings.